The molecular weight excluding hydrogens is 298 g/mol. The Hall–Kier alpha value is -0.940. The second kappa shape index (κ2) is 6.12. The van der Waals surface area contributed by atoms with Gasteiger partial charge in [0.15, 0.2) is 0 Å². The van der Waals surface area contributed by atoms with Crippen LogP contribution < -0.4 is 5.32 Å². The van der Waals surface area contributed by atoms with E-state index in [0.29, 0.717) is 0 Å². The fraction of sp³-hybridized carbons (Fsp3) is 0.333. The molecular formula is C12H14BrN3S. The topological polar surface area (TPSA) is 37.8 Å². The SMILES string of the molecule is CCCc1nc(Br)cc(NCc2ccsc2)n1. The summed E-state index contributed by atoms with van der Waals surface area (Å²) in [5.41, 5.74) is 1.28. The molecule has 5 heteroatoms. The van der Waals surface area contributed by atoms with Gasteiger partial charge in [-0.05, 0) is 44.7 Å². The lowest BCUT2D eigenvalue weighted by atomic mass is 10.3. The average Bonchev–Trinajstić information content (AvgIpc) is 2.79. The summed E-state index contributed by atoms with van der Waals surface area (Å²) in [4.78, 5) is 8.81. The maximum absolute atomic E-state index is 4.47. The van der Waals surface area contributed by atoms with Crippen LogP contribution in [-0.4, -0.2) is 9.97 Å². The molecule has 0 bridgehead atoms. The van der Waals surface area contributed by atoms with Crippen molar-refractivity contribution in [1.82, 2.24) is 9.97 Å². The lowest BCUT2D eigenvalue weighted by Gasteiger charge is -2.06. The van der Waals surface area contributed by atoms with Crippen molar-refractivity contribution in [2.75, 3.05) is 5.32 Å². The number of anilines is 1. The van der Waals surface area contributed by atoms with E-state index in [1.165, 1.54) is 5.56 Å². The van der Waals surface area contributed by atoms with E-state index in [9.17, 15) is 0 Å². The Morgan fingerprint density at radius 1 is 1.41 bits per heavy atom. The monoisotopic (exact) mass is 311 g/mol. The molecule has 0 atom stereocenters. The first-order chi connectivity index (χ1) is 8.28. The minimum absolute atomic E-state index is 0.804. The third kappa shape index (κ3) is 3.78. The van der Waals surface area contributed by atoms with Gasteiger partial charge >= 0.3 is 0 Å². The van der Waals surface area contributed by atoms with Crippen LogP contribution >= 0.6 is 27.3 Å². The molecule has 0 spiro atoms. The van der Waals surface area contributed by atoms with Gasteiger partial charge in [0.25, 0.3) is 0 Å². The molecule has 2 aromatic rings. The standard InChI is InChI=1S/C12H14BrN3S/c1-2-3-11-15-10(13)6-12(16-11)14-7-9-4-5-17-8-9/h4-6,8H,2-3,7H2,1H3,(H,14,15,16). The number of aromatic nitrogens is 2. The predicted molar refractivity (Wildman–Crippen MR) is 75.4 cm³/mol. The van der Waals surface area contributed by atoms with Gasteiger partial charge in [-0.2, -0.15) is 11.3 Å². The van der Waals surface area contributed by atoms with E-state index in [1.54, 1.807) is 11.3 Å². The smallest absolute Gasteiger partial charge is 0.132 e. The molecule has 2 rings (SSSR count). The minimum Gasteiger partial charge on any atom is -0.366 e. The molecule has 0 amide bonds. The Bertz CT molecular complexity index is 471. The predicted octanol–water partition coefficient (Wildman–Crippen LogP) is 3.87. The highest BCUT2D eigenvalue weighted by Crippen LogP contribution is 2.15. The molecule has 2 heterocycles. The number of aryl methyl sites for hydroxylation is 1. The van der Waals surface area contributed by atoms with E-state index in [-0.39, 0.29) is 0 Å². The molecule has 0 aliphatic heterocycles. The van der Waals surface area contributed by atoms with Gasteiger partial charge in [-0.15, -0.1) is 0 Å². The molecule has 17 heavy (non-hydrogen) atoms. The quantitative estimate of drug-likeness (QED) is 0.852. The summed E-state index contributed by atoms with van der Waals surface area (Å²) >= 11 is 5.12. The van der Waals surface area contributed by atoms with Crippen molar-refractivity contribution in [2.45, 2.75) is 26.3 Å². The van der Waals surface area contributed by atoms with Crippen molar-refractivity contribution in [2.24, 2.45) is 0 Å². The number of hydrogen-bond donors (Lipinski definition) is 1. The number of halogens is 1. The van der Waals surface area contributed by atoms with Crippen LogP contribution in [0.5, 0.6) is 0 Å². The summed E-state index contributed by atoms with van der Waals surface area (Å²) in [6.07, 6.45) is 1.97. The minimum atomic E-state index is 0.804. The third-order valence-electron chi connectivity index (χ3n) is 2.27. The van der Waals surface area contributed by atoms with Crippen molar-refractivity contribution < 1.29 is 0 Å². The first-order valence-corrected chi connectivity index (χ1v) is 7.30. The van der Waals surface area contributed by atoms with E-state index in [1.807, 2.05) is 6.07 Å². The second-order valence-corrected chi connectivity index (χ2v) is 5.32. The van der Waals surface area contributed by atoms with E-state index >= 15 is 0 Å². The summed E-state index contributed by atoms with van der Waals surface area (Å²) in [6.45, 7) is 2.93. The highest BCUT2D eigenvalue weighted by Gasteiger charge is 2.02. The summed E-state index contributed by atoms with van der Waals surface area (Å²) in [6, 6.07) is 4.02. The highest BCUT2D eigenvalue weighted by molar-refractivity contribution is 9.10. The maximum atomic E-state index is 4.47. The van der Waals surface area contributed by atoms with Crippen molar-refractivity contribution in [3.8, 4) is 0 Å². The summed E-state index contributed by atoms with van der Waals surface area (Å²) in [5, 5.41) is 7.53. The molecule has 0 fully saturated rings. The number of hydrogen-bond acceptors (Lipinski definition) is 4. The number of nitrogens with zero attached hydrogens (tertiary/aromatic N) is 2. The van der Waals surface area contributed by atoms with Crippen LogP contribution in [0.4, 0.5) is 5.82 Å². The van der Waals surface area contributed by atoms with E-state index < -0.39 is 0 Å². The number of thiophene rings is 1. The second-order valence-electron chi connectivity index (χ2n) is 3.73. The third-order valence-corrected chi connectivity index (χ3v) is 3.41. The Kier molecular flexibility index (Phi) is 4.50. The van der Waals surface area contributed by atoms with E-state index in [2.05, 4.69) is 55.0 Å². The molecule has 90 valence electrons. The van der Waals surface area contributed by atoms with Crippen LogP contribution in [-0.2, 0) is 13.0 Å². The lowest BCUT2D eigenvalue weighted by Crippen LogP contribution is -2.04. The molecule has 0 aliphatic rings. The molecule has 2 aromatic heterocycles. The number of nitrogens with one attached hydrogen (secondary N) is 1. The lowest BCUT2D eigenvalue weighted by molar-refractivity contribution is 0.828. The van der Waals surface area contributed by atoms with Gasteiger partial charge in [0.05, 0.1) is 0 Å². The van der Waals surface area contributed by atoms with Gasteiger partial charge in [0, 0.05) is 19.0 Å². The van der Waals surface area contributed by atoms with Crippen molar-refractivity contribution >= 4 is 33.1 Å². The van der Waals surface area contributed by atoms with E-state index in [0.717, 1.165) is 35.6 Å². The largest absolute Gasteiger partial charge is 0.366 e. The van der Waals surface area contributed by atoms with Crippen LogP contribution in [0.15, 0.2) is 27.5 Å². The Morgan fingerprint density at radius 2 is 2.29 bits per heavy atom. The van der Waals surface area contributed by atoms with Gasteiger partial charge in [-0.25, -0.2) is 9.97 Å². The fourth-order valence-electron chi connectivity index (χ4n) is 1.48. The summed E-state index contributed by atoms with van der Waals surface area (Å²) < 4.78 is 0.837. The fourth-order valence-corrected chi connectivity index (χ4v) is 2.57. The van der Waals surface area contributed by atoms with Crippen molar-refractivity contribution in [3.63, 3.8) is 0 Å². The number of rotatable bonds is 5. The van der Waals surface area contributed by atoms with Gasteiger partial charge in [0.1, 0.15) is 16.2 Å². The molecule has 0 aromatic carbocycles. The summed E-state index contributed by atoms with van der Waals surface area (Å²) in [5.74, 6) is 1.76. The molecule has 0 saturated carbocycles. The van der Waals surface area contributed by atoms with Crippen LogP contribution in [0.3, 0.4) is 0 Å². The average molecular weight is 312 g/mol. The zero-order valence-electron chi connectivity index (χ0n) is 9.61. The van der Waals surface area contributed by atoms with Crippen LogP contribution in [0.1, 0.15) is 24.7 Å². The molecule has 3 nitrogen and oxygen atoms in total. The first-order valence-electron chi connectivity index (χ1n) is 5.56. The van der Waals surface area contributed by atoms with Gasteiger partial charge < -0.3 is 5.32 Å². The maximum Gasteiger partial charge on any atom is 0.132 e. The first kappa shape index (κ1) is 12.5. The van der Waals surface area contributed by atoms with Gasteiger partial charge in [-0.1, -0.05) is 6.92 Å². The van der Waals surface area contributed by atoms with Crippen molar-refractivity contribution in [3.05, 3.63) is 38.9 Å². The summed E-state index contributed by atoms with van der Waals surface area (Å²) in [7, 11) is 0. The van der Waals surface area contributed by atoms with E-state index in [4.69, 9.17) is 0 Å². The van der Waals surface area contributed by atoms with Gasteiger partial charge in [0.2, 0.25) is 0 Å². The molecule has 0 unspecified atom stereocenters. The Balaban J connectivity index is 2.04. The zero-order chi connectivity index (χ0) is 12.1. The molecule has 0 saturated heterocycles. The Morgan fingerprint density at radius 3 is 3.00 bits per heavy atom. The van der Waals surface area contributed by atoms with Crippen LogP contribution in [0, 0.1) is 0 Å². The van der Waals surface area contributed by atoms with Crippen molar-refractivity contribution in [1.29, 1.82) is 0 Å². The van der Waals surface area contributed by atoms with Crippen LogP contribution in [0.2, 0.25) is 0 Å². The molecule has 1 N–H and O–H groups in total. The van der Waals surface area contributed by atoms with Crippen LogP contribution in [0.25, 0.3) is 0 Å². The zero-order valence-corrected chi connectivity index (χ0v) is 12.0. The van der Waals surface area contributed by atoms with Gasteiger partial charge in [-0.3, -0.25) is 0 Å². The normalized spacial score (nSPS) is 10.5. The Labute approximate surface area is 113 Å². The highest BCUT2D eigenvalue weighted by atomic mass is 79.9. The molecule has 0 aliphatic carbocycles. The molecule has 0 radical (unpaired) electrons.